The highest BCUT2D eigenvalue weighted by atomic mass is 16.1. The van der Waals surface area contributed by atoms with Crippen molar-refractivity contribution in [3.63, 3.8) is 0 Å². The third-order valence-corrected chi connectivity index (χ3v) is 1.78. The van der Waals surface area contributed by atoms with Gasteiger partial charge in [-0.3, -0.25) is 9.78 Å². The van der Waals surface area contributed by atoms with Crippen LogP contribution in [0.3, 0.4) is 0 Å². The topological polar surface area (TPSA) is 82.0 Å². The number of nitrogens with two attached hydrogens (primary N) is 2. The molecule has 4 nitrogen and oxygen atoms in total. The van der Waals surface area contributed by atoms with Crippen LogP contribution < -0.4 is 11.5 Å². The van der Waals surface area contributed by atoms with Gasteiger partial charge in [-0.05, 0) is 18.6 Å². The van der Waals surface area contributed by atoms with Crippen LogP contribution in [-0.2, 0) is 4.79 Å². The number of hydrogen-bond donors (Lipinski definition) is 2. The van der Waals surface area contributed by atoms with Crippen molar-refractivity contribution in [2.24, 2.45) is 11.5 Å². The first-order valence-electron chi connectivity index (χ1n) is 4.06. The van der Waals surface area contributed by atoms with Crippen molar-refractivity contribution in [2.45, 2.75) is 19.4 Å². The number of aromatic nitrogens is 1. The van der Waals surface area contributed by atoms with E-state index >= 15 is 0 Å². The number of rotatable bonds is 3. The molecule has 0 aromatic carbocycles. The number of hydrogen-bond acceptors (Lipinski definition) is 3. The molecule has 4 N–H and O–H groups in total. The lowest BCUT2D eigenvalue weighted by Gasteiger charge is -2.08. The minimum Gasteiger partial charge on any atom is -0.370 e. The second kappa shape index (κ2) is 4.00. The third-order valence-electron chi connectivity index (χ3n) is 1.78. The van der Waals surface area contributed by atoms with Gasteiger partial charge in [-0.15, -0.1) is 0 Å². The fourth-order valence-electron chi connectivity index (χ4n) is 1.03. The highest BCUT2D eigenvalue weighted by Gasteiger charge is 2.08. The molecule has 0 saturated heterocycles. The Hall–Kier alpha value is -1.42. The molecule has 4 heteroatoms. The van der Waals surface area contributed by atoms with Crippen LogP contribution in [0.1, 0.15) is 23.7 Å². The van der Waals surface area contributed by atoms with Crippen molar-refractivity contribution in [1.82, 2.24) is 4.98 Å². The van der Waals surface area contributed by atoms with Crippen LogP contribution in [0.4, 0.5) is 0 Å². The maximum absolute atomic E-state index is 10.6. The van der Waals surface area contributed by atoms with Gasteiger partial charge in [0.05, 0.1) is 0 Å². The molecule has 13 heavy (non-hydrogen) atoms. The molecule has 0 bridgehead atoms. The summed E-state index contributed by atoms with van der Waals surface area (Å²) in [4.78, 5) is 14.6. The van der Waals surface area contributed by atoms with Gasteiger partial charge in [-0.25, -0.2) is 0 Å². The fourth-order valence-corrected chi connectivity index (χ4v) is 1.03. The van der Waals surface area contributed by atoms with Crippen molar-refractivity contribution in [2.75, 3.05) is 0 Å². The first-order chi connectivity index (χ1) is 6.09. The van der Waals surface area contributed by atoms with Gasteiger partial charge in [0.25, 0.3) is 0 Å². The molecular weight excluding hydrogens is 166 g/mol. The standard InChI is InChI=1S/C9H13N3O/c1-6-2-3-7(5-12-6)8(10)4-9(11)13/h2-3,5,8H,4,10H2,1H3,(H2,11,13)/t8-/m1/s1. The van der Waals surface area contributed by atoms with Crippen molar-refractivity contribution in [1.29, 1.82) is 0 Å². The lowest BCUT2D eigenvalue weighted by atomic mass is 10.1. The van der Waals surface area contributed by atoms with Gasteiger partial charge < -0.3 is 11.5 Å². The zero-order chi connectivity index (χ0) is 9.84. The summed E-state index contributed by atoms with van der Waals surface area (Å²) in [6.45, 7) is 1.89. The zero-order valence-electron chi connectivity index (χ0n) is 7.53. The van der Waals surface area contributed by atoms with Gasteiger partial charge in [0.2, 0.25) is 5.91 Å². The lowest BCUT2D eigenvalue weighted by Crippen LogP contribution is -2.20. The predicted molar refractivity (Wildman–Crippen MR) is 49.7 cm³/mol. The number of amides is 1. The molecule has 70 valence electrons. The summed E-state index contributed by atoms with van der Waals surface area (Å²) in [7, 11) is 0. The van der Waals surface area contributed by atoms with Crippen LogP contribution in [0.2, 0.25) is 0 Å². The number of pyridine rings is 1. The summed E-state index contributed by atoms with van der Waals surface area (Å²) >= 11 is 0. The molecule has 1 rings (SSSR count). The second-order valence-electron chi connectivity index (χ2n) is 3.01. The van der Waals surface area contributed by atoms with E-state index in [0.717, 1.165) is 11.3 Å². The molecule has 0 aliphatic heterocycles. The Balaban J connectivity index is 2.71. The molecule has 0 radical (unpaired) electrons. The Labute approximate surface area is 77.0 Å². The molecule has 1 heterocycles. The first kappa shape index (κ1) is 9.67. The Kier molecular flexibility index (Phi) is 2.97. The Morgan fingerprint density at radius 3 is 2.77 bits per heavy atom. The summed E-state index contributed by atoms with van der Waals surface area (Å²) in [6.07, 6.45) is 1.83. The van der Waals surface area contributed by atoms with E-state index in [4.69, 9.17) is 11.5 Å². The molecule has 0 saturated carbocycles. The van der Waals surface area contributed by atoms with Crippen LogP contribution >= 0.6 is 0 Å². The van der Waals surface area contributed by atoms with E-state index in [0.29, 0.717) is 0 Å². The normalized spacial score (nSPS) is 12.5. The van der Waals surface area contributed by atoms with Crippen LogP contribution in [0, 0.1) is 6.92 Å². The highest BCUT2D eigenvalue weighted by Crippen LogP contribution is 2.12. The quantitative estimate of drug-likeness (QED) is 0.698. The third kappa shape index (κ3) is 2.83. The SMILES string of the molecule is Cc1ccc([C@H](N)CC(N)=O)cn1. The molecule has 0 aliphatic carbocycles. The van der Waals surface area contributed by atoms with Crippen LogP contribution in [0.25, 0.3) is 0 Å². The molecule has 1 amide bonds. The first-order valence-corrected chi connectivity index (χ1v) is 4.06. The maximum Gasteiger partial charge on any atom is 0.219 e. The van der Waals surface area contributed by atoms with E-state index in [-0.39, 0.29) is 12.5 Å². The monoisotopic (exact) mass is 179 g/mol. The van der Waals surface area contributed by atoms with Crippen molar-refractivity contribution >= 4 is 5.91 Å². The predicted octanol–water partition coefficient (Wildman–Crippen LogP) is 0.265. The summed E-state index contributed by atoms with van der Waals surface area (Å²) in [6, 6.07) is 3.37. The van der Waals surface area contributed by atoms with E-state index in [1.807, 2.05) is 19.1 Å². The van der Waals surface area contributed by atoms with Gasteiger partial charge in [0.15, 0.2) is 0 Å². The molecule has 1 atom stereocenters. The number of carbonyl (C=O) groups is 1. The average Bonchev–Trinajstić information content (AvgIpc) is 2.04. The second-order valence-corrected chi connectivity index (χ2v) is 3.01. The van der Waals surface area contributed by atoms with E-state index in [1.165, 1.54) is 0 Å². The van der Waals surface area contributed by atoms with Crippen LogP contribution in [0.5, 0.6) is 0 Å². The van der Waals surface area contributed by atoms with Crippen LogP contribution in [0.15, 0.2) is 18.3 Å². The number of aryl methyl sites for hydroxylation is 1. The van der Waals surface area contributed by atoms with E-state index in [2.05, 4.69) is 4.98 Å². The largest absolute Gasteiger partial charge is 0.370 e. The molecule has 0 fully saturated rings. The smallest absolute Gasteiger partial charge is 0.219 e. The number of primary amides is 1. The fraction of sp³-hybridized carbons (Fsp3) is 0.333. The molecule has 1 aromatic rings. The Morgan fingerprint density at radius 1 is 1.62 bits per heavy atom. The molecule has 1 aromatic heterocycles. The van der Waals surface area contributed by atoms with Crippen molar-refractivity contribution in [3.8, 4) is 0 Å². The van der Waals surface area contributed by atoms with Gasteiger partial charge in [-0.2, -0.15) is 0 Å². The molecular formula is C9H13N3O. The van der Waals surface area contributed by atoms with E-state index in [9.17, 15) is 4.79 Å². The molecule has 0 spiro atoms. The summed E-state index contributed by atoms with van der Waals surface area (Å²) in [5.41, 5.74) is 12.5. The van der Waals surface area contributed by atoms with Crippen molar-refractivity contribution < 1.29 is 4.79 Å². The summed E-state index contributed by atoms with van der Waals surface area (Å²) in [5.74, 6) is -0.395. The highest BCUT2D eigenvalue weighted by molar-refractivity contribution is 5.74. The summed E-state index contributed by atoms with van der Waals surface area (Å²) < 4.78 is 0. The van der Waals surface area contributed by atoms with E-state index < -0.39 is 5.91 Å². The van der Waals surface area contributed by atoms with Gasteiger partial charge >= 0.3 is 0 Å². The maximum atomic E-state index is 10.6. The minimum atomic E-state index is -0.395. The average molecular weight is 179 g/mol. The Morgan fingerprint density at radius 2 is 2.31 bits per heavy atom. The number of carbonyl (C=O) groups excluding carboxylic acids is 1. The lowest BCUT2D eigenvalue weighted by molar-refractivity contribution is -0.118. The number of nitrogens with zero attached hydrogens (tertiary/aromatic N) is 1. The van der Waals surface area contributed by atoms with Gasteiger partial charge in [0, 0.05) is 24.4 Å². The Bertz CT molecular complexity index is 294. The van der Waals surface area contributed by atoms with E-state index in [1.54, 1.807) is 6.20 Å². The van der Waals surface area contributed by atoms with Gasteiger partial charge in [-0.1, -0.05) is 6.07 Å². The summed E-state index contributed by atoms with van der Waals surface area (Å²) in [5, 5.41) is 0. The molecule has 0 aliphatic rings. The van der Waals surface area contributed by atoms with Crippen molar-refractivity contribution in [3.05, 3.63) is 29.6 Å². The van der Waals surface area contributed by atoms with Gasteiger partial charge in [0.1, 0.15) is 0 Å². The van der Waals surface area contributed by atoms with Crippen LogP contribution in [-0.4, -0.2) is 10.9 Å². The molecule has 0 unspecified atom stereocenters. The zero-order valence-corrected chi connectivity index (χ0v) is 7.53. The minimum absolute atomic E-state index is 0.157.